The minimum absolute atomic E-state index is 0.0276. The van der Waals surface area contributed by atoms with Crippen LogP contribution in [0.5, 0.6) is 0 Å². The number of fused-ring (bicyclic) bond motifs is 5. The summed E-state index contributed by atoms with van der Waals surface area (Å²) in [6.45, 7) is 11.9. The van der Waals surface area contributed by atoms with Crippen molar-refractivity contribution in [3.8, 4) is 0 Å². The van der Waals surface area contributed by atoms with E-state index in [1.165, 1.54) is 7.11 Å². The number of esters is 1. The summed E-state index contributed by atoms with van der Waals surface area (Å²) in [6, 6.07) is 0.168. The molecule has 2 bridgehead atoms. The zero-order valence-electron chi connectivity index (χ0n) is 15.2. The zero-order chi connectivity index (χ0) is 17.2. The van der Waals surface area contributed by atoms with Crippen LogP contribution in [0.4, 0.5) is 0 Å². The van der Waals surface area contributed by atoms with Crippen LogP contribution in [0.15, 0.2) is 0 Å². The minimum Gasteiger partial charge on any atom is -0.469 e. The molecule has 3 aliphatic rings. The van der Waals surface area contributed by atoms with E-state index in [1.807, 2.05) is 0 Å². The third-order valence-electron chi connectivity index (χ3n) is 6.85. The molecule has 0 amide bonds. The summed E-state index contributed by atoms with van der Waals surface area (Å²) in [4.78, 5) is 11.8. The van der Waals surface area contributed by atoms with E-state index in [4.69, 9.17) is 9.26 Å². The summed E-state index contributed by atoms with van der Waals surface area (Å²) in [6.07, 6.45) is 2.10. The highest BCUT2D eigenvalue weighted by Crippen LogP contribution is 2.75. The Hall–Kier alpha value is -0.380. The van der Waals surface area contributed by atoms with E-state index < -0.39 is 13.5 Å². The Balaban J connectivity index is 1.98. The molecular weight excluding hydrogens is 313 g/mol. The van der Waals surface area contributed by atoms with Gasteiger partial charge in [0, 0.05) is 18.0 Å². The predicted octanol–water partition coefficient (Wildman–Crippen LogP) is 3.53. The molecule has 1 heterocycles. The SMILES string of the molecule is COC(=O)C[P@]1(=O)O[C@@H]2[C@@H]([C@H]3CC[C@]2(C)C3(C)C)N1CC(C)C. The molecule has 23 heavy (non-hydrogen) atoms. The molecule has 3 rings (SSSR count). The van der Waals surface area contributed by atoms with Crippen molar-refractivity contribution < 1.29 is 18.6 Å². The van der Waals surface area contributed by atoms with Crippen molar-refractivity contribution in [3.63, 3.8) is 0 Å². The van der Waals surface area contributed by atoms with Crippen molar-refractivity contribution >= 4 is 13.5 Å². The van der Waals surface area contributed by atoms with E-state index in [0.717, 1.165) is 12.8 Å². The fourth-order valence-corrected chi connectivity index (χ4v) is 8.02. The molecule has 2 aliphatic carbocycles. The Bertz CT molecular complexity index is 561. The van der Waals surface area contributed by atoms with Gasteiger partial charge in [0.05, 0.1) is 13.2 Å². The minimum atomic E-state index is -3.16. The molecule has 0 aromatic heterocycles. The Morgan fingerprint density at radius 1 is 1.39 bits per heavy atom. The van der Waals surface area contributed by atoms with Gasteiger partial charge in [0.25, 0.3) is 7.52 Å². The molecule has 5 nitrogen and oxygen atoms in total. The van der Waals surface area contributed by atoms with Crippen molar-refractivity contribution in [2.45, 2.75) is 59.6 Å². The van der Waals surface area contributed by atoms with E-state index in [0.29, 0.717) is 18.4 Å². The lowest BCUT2D eigenvalue weighted by Crippen LogP contribution is -2.43. The second kappa shape index (κ2) is 5.31. The van der Waals surface area contributed by atoms with Crippen LogP contribution in [0.2, 0.25) is 0 Å². The molecular formula is C17H30NO4P. The summed E-state index contributed by atoms with van der Waals surface area (Å²) >= 11 is 0. The number of methoxy groups -OCH3 is 1. The number of rotatable bonds is 4. The maximum absolute atomic E-state index is 13.5. The quantitative estimate of drug-likeness (QED) is 0.577. The van der Waals surface area contributed by atoms with Crippen molar-refractivity contribution in [1.29, 1.82) is 0 Å². The number of carbonyl (C=O) groups is 1. The summed E-state index contributed by atoms with van der Waals surface area (Å²) in [5.74, 6) is 0.405. The Labute approximate surface area is 139 Å². The molecule has 0 N–H and O–H groups in total. The highest BCUT2D eigenvalue weighted by molar-refractivity contribution is 7.57. The normalized spacial score (nSPS) is 44.7. The van der Waals surface area contributed by atoms with E-state index in [2.05, 4.69) is 39.3 Å². The number of ether oxygens (including phenoxy) is 1. The van der Waals surface area contributed by atoms with Crippen LogP contribution in [-0.2, 0) is 18.6 Å². The monoisotopic (exact) mass is 343 g/mol. The Morgan fingerprint density at radius 2 is 2.04 bits per heavy atom. The van der Waals surface area contributed by atoms with Crippen LogP contribution >= 0.6 is 7.52 Å². The van der Waals surface area contributed by atoms with Gasteiger partial charge in [0.2, 0.25) is 0 Å². The van der Waals surface area contributed by atoms with Crippen LogP contribution in [0.3, 0.4) is 0 Å². The second-order valence-corrected chi connectivity index (χ2v) is 11.0. The summed E-state index contributed by atoms with van der Waals surface area (Å²) < 4.78 is 26.6. The van der Waals surface area contributed by atoms with Gasteiger partial charge in [-0.2, -0.15) is 0 Å². The molecule has 0 radical (unpaired) electrons. The van der Waals surface area contributed by atoms with Gasteiger partial charge in [-0.25, -0.2) is 4.67 Å². The van der Waals surface area contributed by atoms with Gasteiger partial charge in [0.1, 0.15) is 6.16 Å². The molecule has 0 aromatic carbocycles. The fraction of sp³-hybridized carbons (Fsp3) is 0.941. The molecule has 3 fully saturated rings. The molecule has 0 aromatic rings. The lowest BCUT2D eigenvalue weighted by atomic mass is 9.70. The second-order valence-electron chi connectivity index (χ2n) is 8.69. The van der Waals surface area contributed by atoms with E-state index in [9.17, 15) is 9.36 Å². The first-order valence-electron chi connectivity index (χ1n) is 8.68. The number of hydrogen-bond donors (Lipinski definition) is 0. The summed E-state index contributed by atoms with van der Waals surface area (Å²) in [5.41, 5.74) is 0.202. The predicted molar refractivity (Wildman–Crippen MR) is 89.3 cm³/mol. The number of hydrogen-bond acceptors (Lipinski definition) is 4. The van der Waals surface area contributed by atoms with E-state index >= 15 is 0 Å². The van der Waals surface area contributed by atoms with Crippen LogP contribution in [-0.4, -0.2) is 42.6 Å². The van der Waals surface area contributed by atoms with Gasteiger partial charge in [-0.1, -0.05) is 34.6 Å². The Kier molecular flexibility index (Phi) is 4.02. The smallest absolute Gasteiger partial charge is 0.316 e. The van der Waals surface area contributed by atoms with Crippen molar-refractivity contribution in [2.75, 3.05) is 19.8 Å². The standard InChI is InChI=1S/C17H30NO4P/c1-11(2)9-18-14-12-7-8-17(5,16(12,3)4)15(14)22-23(18,20)10-13(19)21-6/h11-12,14-15H,7-10H2,1-6H3/t12-,14-,15-,17+,23+/m1/s1. The molecule has 1 saturated heterocycles. The van der Waals surface area contributed by atoms with Crippen LogP contribution in [0.25, 0.3) is 0 Å². The van der Waals surface area contributed by atoms with Crippen molar-refractivity contribution in [2.24, 2.45) is 22.7 Å². The maximum Gasteiger partial charge on any atom is 0.316 e. The van der Waals surface area contributed by atoms with E-state index in [-0.39, 0.29) is 29.1 Å². The van der Waals surface area contributed by atoms with E-state index in [1.54, 1.807) is 0 Å². The average Bonchev–Trinajstić information content (AvgIpc) is 2.90. The fourth-order valence-electron chi connectivity index (χ4n) is 5.22. The summed E-state index contributed by atoms with van der Waals surface area (Å²) in [7, 11) is -1.82. The molecule has 132 valence electrons. The zero-order valence-corrected chi connectivity index (χ0v) is 16.1. The maximum atomic E-state index is 13.5. The third kappa shape index (κ3) is 2.26. The average molecular weight is 343 g/mol. The van der Waals surface area contributed by atoms with Crippen LogP contribution in [0.1, 0.15) is 47.5 Å². The van der Waals surface area contributed by atoms with Crippen LogP contribution in [0, 0.1) is 22.7 Å². The highest BCUT2D eigenvalue weighted by Gasteiger charge is 2.73. The van der Waals surface area contributed by atoms with Gasteiger partial charge >= 0.3 is 5.97 Å². The first-order chi connectivity index (χ1) is 10.6. The van der Waals surface area contributed by atoms with Crippen molar-refractivity contribution in [3.05, 3.63) is 0 Å². The molecule has 0 unspecified atom stereocenters. The van der Waals surface area contributed by atoms with Crippen molar-refractivity contribution in [1.82, 2.24) is 4.67 Å². The van der Waals surface area contributed by atoms with Crippen LogP contribution < -0.4 is 0 Å². The van der Waals surface area contributed by atoms with Gasteiger partial charge in [0.15, 0.2) is 0 Å². The Morgan fingerprint density at radius 3 is 2.61 bits per heavy atom. The number of nitrogens with zero attached hydrogens (tertiary/aromatic N) is 1. The molecule has 0 spiro atoms. The van der Waals surface area contributed by atoms with Gasteiger partial charge in [-0.15, -0.1) is 0 Å². The topological polar surface area (TPSA) is 55.8 Å². The lowest BCUT2D eigenvalue weighted by molar-refractivity contribution is -0.137. The third-order valence-corrected chi connectivity index (χ3v) is 9.27. The first-order valence-corrected chi connectivity index (χ1v) is 10.4. The largest absolute Gasteiger partial charge is 0.469 e. The van der Waals surface area contributed by atoms with Gasteiger partial charge in [-0.05, 0) is 30.1 Å². The molecule has 1 aliphatic heterocycles. The summed E-state index contributed by atoms with van der Waals surface area (Å²) in [5, 5.41) is 0. The number of carbonyl (C=O) groups excluding carboxylic acids is 1. The van der Waals surface area contributed by atoms with Gasteiger partial charge in [-0.3, -0.25) is 9.36 Å². The van der Waals surface area contributed by atoms with Gasteiger partial charge < -0.3 is 9.26 Å². The lowest BCUT2D eigenvalue weighted by Gasteiger charge is -2.38. The first kappa shape index (κ1) is 17.4. The molecule has 5 atom stereocenters. The molecule has 2 saturated carbocycles. The molecule has 6 heteroatoms. The highest BCUT2D eigenvalue weighted by atomic mass is 31.2.